The predicted molar refractivity (Wildman–Crippen MR) is 44.4 cm³/mol. The molecule has 0 atom stereocenters. The first-order valence-corrected chi connectivity index (χ1v) is 4.07. The minimum atomic E-state index is -0.902. The Bertz CT molecular complexity index is 175. The molecule has 0 fully saturated rings. The van der Waals surface area contributed by atoms with E-state index in [1.165, 1.54) is 0 Å². The summed E-state index contributed by atoms with van der Waals surface area (Å²) in [7, 11) is 0. The lowest BCUT2D eigenvalue weighted by Crippen LogP contribution is -2.14. The minimum absolute atomic E-state index is 0.00500. The van der Waals surface area contributed by atoms with E-state index in [0.717, 1.165) is 0 Å². The summed E-state index contributed by atoms with van der Waals surface area (Å²) in [6.45, 7) is 3.49. The van der Waals surface area contributed by atoms with Crippen LogP contribution in [0.5, 0.6) is 0 Å². The number of rotatable bonds is 5. The summed E-state index contributed by atoms with van der Waals surface area (Å²) in [5.41, 5.74) is 0. The van der Waals surface area contributed by atoms with Crippen molar-refractivity contribution in [3.63, 3.8) is 0 Å². The average Bonchev–Trinajstić information content (AvgIpc) is 1.96. The Labute approximate surface area is 76.6 Å². The highest BCUT2D eigenvalue weighted by molar-refractivity contribution is 5.66. The van der Waals surface area contributed by atoms with Gasteiger partial charge in [0.15, 0.2) is 0 Å². The maximum Gasteiger partial charge on any atom is 0.508 e. The molecule has 0 aliphatic rings. The summed E-state index contributed by atoms with van der Waals surface area (Å²) in [6.07, 6.45) is -0.662. The number of hydrogen-bond donors (Lipinski definition) is 1. The van der Waals surface area contributed by atoms with Gasteiger partial charge in [0.05, 0.1) is 12.7 Å². The first-order valence-electron chi connectivity index (χ1n) is 4.07. The zero-order valence-corrected chi connectivity index (χ0v) is 7.78. The molecule has 0 rings (SSSR count). The Balaban J connectivity index is 3.32. The molecule has 0 unspecified atom stereocenters. The quantitative estimate of drug-likeness (QED) is 0.524. The van der Waals surface area contributed by atoms with Crippen molar-refractivity contribution >= 4 is 12.1 Å². The van der Waals surface area contributed by atoms with Gasteiger partial charge in [-0.2, -0.15) is 0 Å². The smallest absolute Gasteiger partial charge is 0.481 e. The maximum absolute atomic E-state index is 10.7. The van der Waals surface area contributed by atoms with Crippen molar-refractivity contribution < 1.29 is 24.2 Å². The van der Waals surface area contributed by atoms with E-state index in [2.05, 4.69) is 9.47 Å². The fraction of sp³-hybridized carbons (Fsp3) is 0.750. The molecule has 0 heterocycles. The number of hydrogen-bond acceptors (Lipinski definition) is 4. The molecule has 76 valence electrons. The van der Waals surface area contributed by atoms with Gasteiger partial charge in [0.25, 0.3) is 0 Å². The molecular weight excluding hydrogens is 176 g/mol. The lowest BCUT2D eigenvalue weighted by molar-refractivity contribution is -0.137. The zero-order chi connectivity index (χ0) is 10.3. The van der Waals surface area contributed by atoms with Crippen LogP contribution in [0.1, 0.15) is 26.7 Å². The van der Waals surface area contributed by atoms with Crippen molar-refractivity contribution in [1.82, 2.24) is 0 Å². The van der Waals surface area contributed by atoms with Crippen LogP contribution in [0.3, 0.4) is 0 Å². The van der Waals surface area contributed by atoms with Crippen LogP contribution in [-0.2, 0) is 14.3 Å². The Morgan fingerprint density at radius 1 is 1.38 bits per heavy atom. The highest BCUT2D eigenvalue weighted by Gasteiger charge is 2.06. The second kappa shape index (κ2) is 6.28. The third kappa shape index (κ3) is 8.65. The molecule has 0 saturated heterocycles. The molecule has 0 aliphatic carbocycles. The molecule has 0 saturated carbocycles. The summed E-state index contributed by atoms with van der Waals surface area (Å²) in [4.78, 5) is 20.8. The van der Waals surface area contributed by atoms with Gasteiger partial charge in [0, 0.05) is 6.42 Å². The van der Waals surface area contributed by atoms with Crippen molar-refractivity contribution in [3.05, 3.63) is 0 Å². The van der Waals surface area contributed by atoms with Gasteiger partial charge in [-0.05, 0) is 20.3 Å². The van der Waals surface area contributed by atoms with E-state index < -0.39 is 12.1 Å². The summed E-state index contributed by atoms with van der Waals surface area (Å²) < 4.78 is 9.23. The second-order valence-corrected chi connectivity index (χ2v) is 2.76. The van der Waals surface area contributed by atoms with Gasteiger partial charge >= 0.3 is 12.1 Å². The number of carbonyl (C=O) groups excluding carboxylic acids is 1. The van der Waals surface area contributed by atoms with Crippen molar-refractivity contribution in [2.45, 2.75) is 32.8 Å². The Kier molecular flexibility index (Phi) is 5.67. The highest BCUT2D eigenvalue weighted by Crippen LogP contribution is 1.95. The van der Waals surface area contributed by atoms with E-state index in [4.69, 9.17) is 5.11 Å². The average molecular weight is 190 g/mol. The van der Waals surface area contributed by atoms with E-state index in [1.807, 2.05) is 0 Å². The van der Waals surface area contributed by atoms with E-state index in [0.29, 0.717) is 6.42 Å². The number of ether oxygens (including phenoxy) is 2. The third-order valence-electron chi connectivity index (χ3n) is 1.09. The first-order chi connectivity index (χ1) is 6.02. The molecule has 13 heavy (non-hydrogen) atoms. The van der Waals surface area contributed by atoms with Crippen LogP contribution in [0.25, 0.3) is 0 Å². The highest BCUT2D eigenvalue weighted by atomic mass is 16.7. The fourth-order valence-corrected chi connectivity index (χ4v) is 0.605. The van der Waals surface area contributed by atoms with Crippen LogP contribution in [0, 0.1) is 0 Å². The third-order valence-corrected chi connectivity index (χ3v) is 1.09. The summed E-state index contributed by atoms with van der Waals surface area (Å²) in [5.74, 6) is -0.902. The van der Waals surface area contributed by atoms with Crippen LogP contribution in [-0.4, -0.2) is 29.9 Å². The topological polar surface area (TPSA) is 72.8 Å². The molecule has 0 amide bonds. The molecular formula is C8H14O5. The van der Waals surface area contributed by atoms with Gasteiger partial charge in [0.2, 0.25) is 0 Å². The van der Waals surface area contributed by atoms with Gasteiger partial charge in [-0.3, -0.25) is 4.79 Å². The monoisotopic (exact) mass is 190 g/mol. The number of carbonyl (C=O) groups is 2. The van der Waals surface area contributed by atoms with Gasteiger partial charge in [-0.25, -0.2) is 4.79 Å². The van der Waals surface area contributed by atoms with Crippen LogP contribution >= 0.6 is 0 Å². The molecule has 0 bridgehead atoms. The summed E-state index contributed by atoms with van der Waals surface area (Å²) in [5, 5.41) is 8.25. The van der Waals surface area contributed by atoms with Crippen molar-refractivity contribution in [2.75, 3.05) is 6.61 Å². The number of aliphatic carboxylic acids is 1. The van der Waals surface area contributed by atoms with Crippen LogP contribution in [0.4, 0.5) is 4.79 Å². The first kappa shape index (κ1) is 11.7. The van der Waals surface area contributed by atoms with E-state index in [1.54, 1.807) is 13.8 Å². The fourth-order valence-electron chi connectivity index (χ4n) is 0.605. The molecule has 0 aliphatic heterocycles. The molecule has 0 aromatic heterocycles. The lowest BCUT2D eigenvalue weighted by Gasteiger charge is -2.07. The van der Waals surface area contributed by atoms with Gasteiger partial charge in [-0.15, -0.1) is 0 Å². The van der Waals surface area contributed by atoms with Crippen LogP contribution < -0.4 is 0 Å². The molecule has 0 aromatic carbocycles. The van der Waals surface area contributed by atoms with Gasteiger partial charge in [-0.1, -0.05) is 0 Å². The van der Waals surface area contributed by atoms with Crippen molar-refractivity contribution in [3.8, 4) is 0 Å². The van der Waals surface area contributed by atoms with E-state index in [-0.39, 0.29) is 19.1 Å². The molecule has 1 N–H and O–H groups in total. The van der Waals surface area contributed by atoms with E-state index >= 15 is 0 Å². The zero-order valence-electron chi connectivity index (χ0n) is 7.78. The van der Waals surface area contributed by atoms with Gasteiger partial charge < -0.3 is 14.6 Å². The molecule has 5 nitrogen and oxygen atoms in total. The number of carboxylic acids is 1. The van der Waals surface area contributed by atoms with Crippen molar-refractivity contribution in [1.29, 1.82) is 0 Å². The van der Waals surface area contributed by atoms with Crippen molar-refractivity contribution in [2.24, 2.45) is 0 Å². The molecule has 0 radical (unpaired) electrons. The van der Waals surface area contributed by atoms with Crippen LogP contribution in [0.15, 0.2) is 0 Å². The Hall–Kier alpha value is -1.26. The SMILES string of the molecule is CC(C)OC(=O)OCCCC(=O)O. The van der Waals surface area contributed by atoms with Crippen LogP contribution in [0.2, 0.25) is 0 Å². The lowest BCUT2D eigenvalue weighted by atomic mass is 10.3. The number of carboxylic acid groups (broad SMARTS) is 1. The van der Waals surface area contributed by atoms with E-state index in [9.17, 15) is 9.59 Å². The predicted octanol–water partition coefficient (Wildman–Crippen LogP) is 1.41. The summed E-state index contributed by atoms with van der Waals surface area (Å²) >= 11 is 0. The Morgan fingerprint density at radius 3 is 2.46 bits per heavy atom. The molecule has 5 heteroatoms. The largest absolute Gasteiger partial charge is 0.508 e. The molecule has 0 aromatic rings. The standard InChI is InChI=1S/C8H14O5/c1-6(2)13-8(11)12-5-3-4-7(9)10/h6H,3-5H2,1-2H3,(H,9,10). The minimum Gasteiger partial charge on any atom is -0.481 e. The second-order valence-electron chi connectivity index (χ2n) is 2.76. The normalized spacial score (nSPS) is 9.77. The maximum atomic E-state index is 10.7. The summed E-state index contributed by atoms with van der Waals surface area (Å²) in [6, 6.07) is 0. The Morgan fingerprint density at radius 2 is 2.00 bits per heavy atom. The van der Waals surface area contributed by atoms with Gasteiger partial charge in [0.1, 0.15) is 0 Å². The molecule has 0 spiro atoms.